The van der Waals surface area contributed by atoms with Crippen LogP contribution in [0.1, 0.15) is 19.4 Å². The minimum atomic E-state index is -0.805. The van der Waals surface area contributed by atoms with Crippen molar-refractivity contribution in [1.29, 1.82) is 0 Å². The minimum absolute atomic E-state index is 0.0881. The molecule has 6 heteroatoms. The molecule has 0 aliphatic heterocycles. The normalized spacial score (nSPS) is 10.6. The fourth-order valence-electron chi connectivity index (χ4n) is 1.88. The summed E-state index contributed by atoms with van der Waals surface area (Å²) >= 11 is 0. The van der Waals surface area contributed by atoms with Crippen LogP contribution in [0.3, 0.4) is 0 Å². The molecular formula is C17H22N2O4. The standard InChI is InChI=1S/C17H22N2O4/c1-5-14(20)19-13-9-7-6-8-12(13)10-15(21)18-11-17(2,3)16(22)23-4/h5-9H,1,10-11H2,2-4H3,(H,18,21)(H,19,20). The van der Waals surface area contributed by atoms with Gasteiger partial charge in [0.1, 0.15) is 0 Å². The second-order valence-electron chi connectivity index (χ2n) is 5.68. The van der Waals surface area contributed by atoms with Gasteiger partial charge in [0.25, 0.3) is 0 Å². The van der Waals surface area contributed by atoms with Crippen molar-refractivity contribution in [1.82, 2.24) is 5.32 Å². The quantitative estimate of drug-likeness (QED) is 0.591. The number of anilines is 1. The highest BCUT2D eigenvalue weighted by atomic mass is 16.5. The lowest BCUT2D eigenvalue weighted by molar-refractivity contribution is -0.150. The first-order chi connectivity index (χ1) is 10.8. The molecule has 2 amide bonds. The van der Waals surface area contributed by atoms with Crippen LogP contribution in [0.2, 0.25) is 0 Å². The molecule has 0 saturated heterocycles. The number of esters is 1. The Balaban J connectivity index is 2.69. The Labute approximate surface area is 135 Å². The van der Waals surface area contributed by atoms with Gasteiger partial charge in [-0.1, -0.05) is 24.8 Å². The third kappa shape index (κ3) is 5.58. The molecule has 2 N–H and O–H groups in total. The van der Waals surface area contributed by atoms with E-state index >= 15 is 0 Å². The number of amides is 2. The smallest absolute Gasteiger partial charge is 0.313 e. The van der Waals surface area contributed by atoms with E-state index in [0.717, 1.165) is 6.08 Å². The zero-order valence-corrected chi connectivity index (χ0v) is 13.6. The number of nitrogens with one attached hydrogen (secondary N) is 2. The number of carbonyl (C=O) groups excluding carboxylic acids is 3. The molecule has 0 atom stereocenters. The van der Waals surface area contributed by atoms with E-state index in [1.54, 1.807) is 38.1 Å². The van der Waals surface area contributed by atoms with Gasteiger partial charge in [0.2, 0.25) is 11.8 Å². The maximum absolute atomic E-state index is 12.1. The van der Waals surface area contributed by atoms with Crippen LogP contribution in [-0.2, 0) is 25.5 Å². The lowest BCUT2D eigenvalue weighted by Gasteiger charge is -2.21. The number of hydrogen-bond donors (Lipinski definition) is 2. The monoisotopic (exact) mass is 318 g/mol. The SMILES string of the molecule is C=CC(=O)Nc1ccccc1CC(=O)NCC(C)(C)C(=O)OC. The predicted molar refractivity (Wildman–Crippen MR) is 87.8 cm³/mol. The predicted octanol–water partition coefficient (Wildman–Crippen LogP) is 1.67. The number of carbonyl (C=O) groups is 3. The maximum atomic E-state index is 12.1. The van der Waals surface area contributed by atoms with Crippen LogP contribution in [-0.4, -0.2) is 31.4 Å². The van der Waals surface area contributed by atoms with Gasteiger partial charge in [-0.2, -0.15) is 0 Å². The molecule has 0 bridgehead atoms. The minimum Gasteiger partial charge on any atom is -0.469 e. The number of ether oxygens (including phenoxy) is 1. The average molecular weight is 318 g/mol. The first-order valence-electron chi connectivity index (χ1n) is 7.16. The molecule has 1 aromatic rings. The molecule has 1 rings (SSSR count). The Morgan fingerprint density at radius 3 is 2.52 bits per heavy atom. The second kappa shape index (κ2) is 8.12. The molecule has 0 saturated carbocycles. The van der Waals surface area contributed by atoms with Crippen molar-refractivity contribution in [3.8, 4) is 0 Å². The molecule has 124 valence electrons. The number of para-hydroxylation sites is 1. The average Bonchev–Trinajstić information content (AvgIpc) is 2.53. The van der Waals surface area contributed by atoms with Crippen molar-refractivity contribution >= 4 is 23.5 Å². The summed E-state index contributed by atoms with van der Waals surface area (Å²) in [7, 11) is 1.31. The lowest BCUT2D eigenvalue weighted by Crippen LogP contribution is -2.40. The van der Waals surface area contributed by atoms with Crippen LogP contribution in [0, 0.1) is 5.41 Å². The Bertz CT molecular complexity index is 608. The van der Waals surface area contributed by atoms with E-state index in [2.05, 4.69) is 17.2 Å². The molecule has 0 radical (unpaired) electrons. The van der Waals surface area contributed by atoms with E-state index < -0.39 is 11.4 Å². The summed E-state index contributed by atoms with van der Waals surface area (Å²) < 4.78 is 4.69. The Kier molecular flexibility index (Phi) is 6.50. The van der Waals surface area contributed by atoms with Crippen LogP contribution in [0.4, 0.5) is 5.69 Å². The summed E-state index contributed by atoms with van der Waals surface area (Å²) in [5, 5.41) is 5.36. The van der Waals surface area contributed by atoms with E-state index in [1.165, 1.54) is 7.11 Å². The van der Waals surface area contributed by atoms with Crippen molar-refractivity contribution in [3.05, 3.63) is 42.5 Å². The summed E-state index contributed by atoms with van der Waals surface area (Å²) in [6, 6.07) is 7.01. The van der Waals surface area contributed by atoms with Gasteiger partial charge in [-0.25, -0.2) is 0 Å². The Hall–Kier alpha value is -2.63. The summed E-state index contributed by atoms with van der Waals surface area (Å²) in [5.74, 6) is -0.983. The molecule has 0 unspecified atom stereocenters. The molecule has 0 fully saturated rings. The third-order valence-electron chi connectivity index (χ3n) is 3.28. The van der Waals surface area contributed by atoms with Crippen molar-refractivity contribution < 1.29 is 19.1 Å². The van der Waals surface area contributed by atoms with Crippen LogP contribution in [0.15, 0.2) is 36.9 Å². The summed E-state index contributed by atoms with van der Waals surface area (Å²) in [5.41, 5.74) is 0.428. The van der Waals surface area contributed by atoms with Crippen molar-refractivity contribution in [2.24, 2.45) is 5.41 Å². The van der Waals surface area contributed by atoms with Crippen molar-refractivity contribution in [2.75, 3.05) is 19.0 Å². The topological polar surface area (TPSA) is 84.5 Å². The Morgan fingerprint density at radius 2 is 1.91 bits per heavy atom. The lowest BCUT2D eigenvalue weighted by atomic mass is 9.93. The van der Waals surface area contributed by atoms with E-state index in [4.69, 9.17) is 4.74 Å². The van der Waals surface area contributed by atoms with Crippen LogP contribution in [0.5, 0.6) is 0 Å². The van der Waals surface area contributed by atoms with Gasteiger partial charge in [-0.15, -0.1) is 0 Å². The van der Waals surface area contributed by atoms with Gasteiger partial charge in [0, 0.05) is 12.2 Å². The fourth-order valence-corrected chi connectivity index (χ4v) is 1.88. The summed E-state index contributed by atoms with van der Waals surface area (Å²) in [6.07, 6.45) is 1.25. The van der Waals surface area contributed by atoms with Crippen molar-refractivity contribution in [3.63, 3.8) is 0 Å². The summed E-state index contributed by atoms with van der Waals surface area (Å²) in [4.78, 5) is 35.1. The fraction of sp³-hybridized carbons (Fsp3) is 0.353. The molecule has 23 heavy (non-hydrogen) atoms. The zero-order valence-electron chi connectivity index (χ0n) is 13.6. The summed E-state index contributed by atoms with van der Waals surface area (Å²) in [6.45, 7) is 6.94. The highest BCUT2D eigenvalue weighted by molar-refractivity contribution is 5.99. The first-order valence-corrected chi connectivity index (χ1v) is 7.16. The number of rotatable bonds is 7. The molecule has 0 aliphatic carbocycles. The van der Waals surface area contributed by atoms with E-state index in [-0.39, 0.29) is 24.8 Å². The number of benzene rings is 1. The van der Waals surface area contributed by atoms with Crippen LogP contribution < -0.4 is 10.6 Å². The molecule has 0 heterocycles. The second-order valence-corrected chi connectivity index (χ2v) is 5.68. The van der Waals surface area contributed by atoms with Gasteiger partial charge >= 0.3 is 5.97 Å². The molecular weight excluding hydrogens is 296 g/mol. The molecule has 6 nitrogen and oxygen atoms in total. The van der Waals surface area contributed by atoms with Gasteiger partial charge in [-0.05, 0) is 31.6 Å². The van der Waals surface area contributed by atoms with Crippen molar-refractivity contribution in [2.45, 2.75) is 20.3 Å². The largest absolute Gasteiger partial charge is 0.469 e. The van der Waals surface area contributed by atoms with E-state index in [1.807, 2.05) is 0 Å². The van der Waals surface area contributed by atoms with E-state index in [9.17, 15) is 14.4 Å². The highest BCUT2D eigenvalue weighted by Gasteiger charge is 2.29. The van der Waals surface area contributed by atoms with Gasteiger partial charge in [-0.3, -0.25) is 14.4 Å². The molecule has 0 aromatic heterocycles. The number of methoxy groups -OCH3 is 1. The Morgan fingerprint density at radius 1 is 1.26 bits per heavy atom. The molecule has 0 aliphatic rings. The molecule has 0 spiro atoms. The zero-order chi connectivity index (χ0) is 17.5. The van der Waals surface area contributed by atoms with Gasteiger partial charge in [0.15, 0.2) is 0 Å². The first kappa shape index (κ1) is 18.4. The van der Waals surface area contributed by atoms with Crippen LogP contribution >= 0.6 is 0 Å². The van der Waals surface area contributed by atoms with Crippen LogP contribution in [0.25, 0.3) is 0 Å². The maximum Gasteiger partial charge on any atom is 0.313 e. The highest BCUT2D eigenvalue weighted by Crippen LogP contribution is 2.17. The molecule has 1 aromatic carbocycles. The van der Waals surface area contributed by atoms with E-state index in [0.29, 0.717) is 11.3 Å². The number of hydrogen-bond acceptors (Lipinski definition) is 4. The van der Waals surface area contributed by atoms with Gasteiger partial charge in [0.05, 0.1) is 18.9 Å². The third-order valence-corrected chi connectivity index (χ3v) is 3.28. The van der Waals surface area contributed by atoms with Gasteiger partial charge < -0.3 is 15.4 Å².